The van der Waals surface area contributed by atoms with Crippen LogP contribution in [0.15, 0.2) is 77.2 Å². The molecule has 0 bridgehead atoms. The monoisotopic (exact) mass is 371 g/mol. The highest BCUT2D eigenvalue weighted by molar-refractivity contribution is 5.82. The molecule has 0 radical (unpaired) electrons. The van der Waals surface area contributed by atoms with E-state index >= 15 is 0 Å². The molecule has 0 fully saturated rings. The van der Waals surface area contributed by atoms with Crippen LogP contribution in [0, 0.1) is 6.92 Å². The number of benzene rings is 2. The van der Waals surface area contributed by atoms with E-state index in [0.717, 1.165) is 33.6 Å². The SMILES string of the molecule is Cc1cc2ccccc2nc1NNC(=O)CCc1ccc(-c2ccccc2)o1. The van der Waals surface area contributed by atoms with Crippen LogP contribution in [0.3, 0.4) is 0 Å². The topological polar surface area (TPSA) is 67.2 Å². The van der Waals surface area contributed by atoms with E-state index in [1.54, 1.807) is 0 Å². The van der Waals surface area contributed by atoms with Crippen LogP contribution in [0.5, 0.6) is 0 Å². The van der Waals surface area contributed by atoms with Crippen LogP contribution in [0.1, 0.15) is 17.7 Å². The Labute approximate surface area is 163 Å². The number of hydrogen-bond acceptors (Lipinski definition) is 4. The summed E-state index contributed by atoms with van der Waals surface area (Å²) in [7, 11) is 0. The van der Waals surface area contributed by atoms with Crippen molar-refractivity contribution in [2.75, 3.05) is 5.43 Å². The van der Waals surface area contributed by atoms with Gasteiger partial charge in [0.2, 0.25) is 5.91 Å². The van der Waals surface area contributed by atoms with Crippen LogP contribution < -0.4 is 10.9 Å². The average Bonchev–Trinajstić information content (AvgIpc) is 3.20. The first-order chi connectivity index (χ1) is 13.7. The van der Waals surface area contributed by atoms with Gasteiger partial charge < -0.3 is 4.42 Å². The number of amides is 1. The van der Waals surface area contributed by atoms with Crippen molar-refractivity contribution in [3.8, 4) is 11.3 Å². The molecule has 28 heavy (non-hydrogen) atoms. The summed E-state index contributed by atoms with van der Waals surface area (Å²) in [6, 6.07) is 23.7. The Bertz CT molecular complexity index is 1100. The molecule has 0 unspecified atom stereocenters. The Morgan fingerprint density at radius 2 is 1.79 bits per heavy atom. The molecular weight excluding hydrogens is 350 g/mol. The summed E-state index contributed by atoms with van der Waals surface area (Å²) >= 11 is 0. The van der Waals surface area contributed by atoms with Crippen molar-refractivity contribution in [3.63, 3.8) is 0 Å². The summed E-state index contributed by atoms with van der Waals surface area (Å²) in [5.41, 5.74) is 8.53. The van der Waals surface area contributed by atoms with Gasteiger partial charge in [0.1, 0.15) is 17.3 Å². The van der Waals surface area contributed by atoms with E-state index in [1.165, 1.54) is 0 Å². The maximum absolute atomic E-state index is 12.2. The molecule has 1 amide bonds. The van der Waals surface area contributed by atoms with Gasteiger partial charge in [0.05, 0.1) is 5.52 Å². The number of hydrazine groups is 1. The van der Waals surface area contributed by atoms with Crippen LogP contribution in [-0.2, 0) is 11.2 Å². The fourth-order valence-electron chi connectivity index (χ4n) is 3.05. The number of nitrogens with one attached hydrogen (secondary N) is 2. The van der Waals surface area contributed by atoms with E-state index in [2.05, 4.69) is 15.8 Å². The van der Waals surface area contributed by atoms with Gasteiger partial charge >= 0.3 is 0 Å². The number of nitrogens with zero attached hydrogens (tertiary/aromatic N) is 1. The summed E-state index contributed by atoms with van der Waals surface area (Å²) in [5, 5.41) is 1.07. The van der Waals surface area contributed by atoms with Crippen LogP contribution in [0.25, 0.3) is 22.2 Å². The molecule has 140 valence electrons. The zero-order chi connectivity index (χ0) is 19.3. The van der Waals surface area contributed by atoms with Gasteiger partial charge in [0.15, 0.2) is 0 Å². The van der Waals surface area contributed by atoms with E-state index in [9.17, 15) is 4.79 Å². The number of pyridine rings is 1. The van der Waals surface area contributed by atoms with Crippen molar-refractivity contribution in [1.82, 2.24) is 10.4 Å². The molecule has 0 atom stereocenters. The first kappa shape index (κ1) is 17.8. The number of furan rings is 1. The molecule has 0 saturated heterocycles. The molecule has 0 aliphatic heterocycles. The zero-order valence-corrected chi connectivity index (χ0v) is 15.6. The molecule has 0 spiro atoms. The molecule has 2 heterocycles. The standard InChI is InChI=1S/C23H21N3O2/c1-16-15-18-9-5-6-10-20(18)24-23(16)26-25-22(27)14-12-19-11-13-21(28-19)17-7-3-2-4-8-17/h2-11,13,15H,12,14H2,1H3,(H,24,26)(H,25,27). The van der Waals surface area contributed by atoms with Crippen molar-refractivity contribution in [3.05, 3.63) is 84.1 Å². The zero-order valence-electron chi connectivity index (χ0n) is 15.6. The molecule has 5 heteroatoms. The lowest BCUT2D eigenvalue weighted by Crippen LogP contribution is -2.30. The number of aromatic nitrogens is 1. The Balaban J connectivity index is 1.33. The smallest absolute Gasteiger partial charge is 0.238 e. The fraction of sp³-hybridized carbons (Fsp3) is 0.130. The molecule has 4 rings (SSSR count). The van der Waals surface area contributed by atoms with Crippen LogP contribution in [0.2, 0.25) is 0 Å². The lowest BCUT2D eigenvalue weighted by Gasteiger charge is -2.11. The maximum Gasteiger partial charge on any atom is 0.238 e. The minimum absolute atomic E-state index is 0.119. The second kappa shape index (κ2) is 7.96. The van der Waals surface area contributed by atoms with E-state index in [4.69, 9.17) is 4.42 Å². The Morgan fingerprint density at radius 3 is 2.64 bits per heavy atom. The summed E-state index contributed by atoms with van der Waals surface area (Å²) in [6.07, 6.45) is 0.853. The lowest BCUT2D eigenvalue weighted by molar-refractivity contribution is -0.120. The molecule has 5 nitrogen and oxygen atoms in total. The highest BCUT2D eigenvalue weighted by Crippen LogP contribution is 2.22. The van der Waals surface area contributed by atoms with E-state index in [0.29, 0.717) is 18.7 Å². The molecule has 2 aromatic heterocycles. The van der Waals surface area contributed by atoms with Gasteiger partial charge in [0, 0.05) is 23.8 Å². The van der Waals surface area contributed by atoms with Gasteiger partial charge in [-0.05, 0) is 36.8 Å². The number of hydrogen-bond donors (Lipinski definition) is 2. The highest BCUT2D eigenvalue weighted by Gasteiger charge is 2.09. The molecule has 0 aliphatic carbocycles. The average molecular weight is 371 g/mol. The Morgan fingerprint density at radius 1 is 1.00 bits per heavy atom. The summed E-state index contributed by atoms with van der Waals surface area (Å²) in [5.74, 6) is 2.13. The van der Waals surface area contributed by atoms with E-state index in [1.807, 2.05) is 79.7 Å². The van der Waals surface area contributed by atoms with Gasteiger partial charge in [-0.3, -0.25) is 15.6 Å². The van der Waals surface area contributed by atoms with Crippen molar-refractivity contribution in [1.29, 1.82) is 0 Å². The molecule has 4 aromatic rings. The molecule has 0 saturated carbocycles. The number of carbonyl (C=O) groups excluding carboxylic acids is 1. The minimum atomic E-state index is -0.119. The third-order valence-electron chi connectivity index (χ3n) is 4.55. The van der Waals surface area contributed by atoms with Gasteiger partial charge in [-0.15, -0.1) is 0 Å². The van der Waals surface area contributed by atoms with Gasteiger partial charge in [-0.2, -0.15) is 0 Å². The number of para-hydroxylation sites is 1. The lowest BCUT2D eigenvalue weighted by atomic mass is 10.1. The van der Waals surface area contributed by atoms with Crippen LogP contribution in [0.4, 0.5) is 5.82 Å². The number of anilines is 1. The van der Waals surface area contributed by atoms with Crippen LogP contribution in [-0.4, -0.2) is 10.9 Å². The second-order valence-electron chi connectivity index (χ2n) is 6.65. The quantitative estimate of drug-likeness (QED) is 0.474. The largest absolute Gasteiger partial charge is 0.461 e. The molecule has 2 aromatic carbocycles. The summed E-state index contributed by atoms with van der Waals surface area (Å²) in [6.45, 7) is 1.96. The van der Waals surface area contributed by atoms with Crippen LogP contribution >= 0.6 is 0 Å². The second-order valence-corrected chi connectivity index (χ2v) is 6.65. The Kier molecular flexibility index (Phi) is 5.06. The predicted molar refractivity (Wildman–Crippen MR) is 111 cm³/mol. The number of carbonyl (C=O) groups is 1. The number of aryl methyl sites for hydroxylation is 2. The van der Waals surface area contributed by atoms with Gasteiger partial charge in [-0.1, -0.05) is 48.5 Å². The molecule has 0 aliphatic rings. The van der Waals surface area contributed by atoms with Crippen molar-refractivity contribution in [2.24, 2.45) is 0 Å². The number of rotatable bonds is 6. The Hall–Kier alpha value is -3.60. The minimum Gasteiger partial charge on any atom is -0.461 e. The van der Waals surface area contributed by atoms with E-state index < -0.39 is 0 Å². The molecular formula is C23H21N3O2. The number of fused-ring (bicyclic) bond motifs is 1. The third-order valence-corrected chi connectivity index (χ3v) is 4.55. The third kappa shape index (κ3) is 4.04. The summed E-state index contributed by atoms with van der Waals surface area (Å²) in [4.78, 5) is 16.8. The first-order valence-electron chi connectivity index (χ1n) is 9.24. The molecule has 2 N–H and O–H groups in total. The van der Waals surface area contributed by atoms with Gasteiger partial charge in [0.25, 0.3) is 0 Å². The van der Waals surface area contributed by atoms with Gasteiger partial charge in [-0.25, -0.2) is 4.98 Å². The normalized spacial score (nSPS) is 10.8. The van der Waals surface area contributed by atoms with Crippen molar-refractivity contribution in [2.45, 2.75) is 19.8 Å². The summed E-state index contributed by atoms with van der Waals surface area (Å²) < 4.78 is 5.84. The predicted octanol–water partition coefficient (Wildman–Crippen LogP) is 4.88. The highest BCUT2D eigenvalue weighted by atomic mass is 16.3. The van der Waals surface area contributed by atoms with Crippen molar-refractivity contribution < 1.29 is 9.21 Å². The fourth-order valence-corrected chi connectivity index (χ4v) is 3.05. The first-order valence-corrected chi connectivity index (χ1v) is 9.24. The van der Waals surface area contributed by atoms with Crippen molar-refractivity contribution >= 4 is 22.6 Å². The maximum atomic E-state index is 12.2. The van der Waals surface area contributed by atoms with E-state index in [-0.39, 0.29) is 5.91 Å².